The van der Waals surface area contributed by atoms with Crippen LogP contribution in [0.25, 0.3) is 0 Å². The van der Waals surface area contributed by atoms with Gasteiger partial charge in [-0.05, 0) is 32.1 Å². The first-order valence-electron chi connectivity index (χ1n) is 11.7. The van der Waals surface area contributed by atoms with Gasteiger partial charge in [-0.3, -0.25) is 0 Å². The summed E-state index contributed by atoms with van der Waals surface area (Å²) in [6.45, 7) is 2.26. The van der Waals surface area contributed by atoms with Gasteiger partial charge in [-0.15, -0.1) is 0 Å². The molecule has 0 saturated carbocycles. The number of carbonyl (C=O) groups is 1. The highest BCUT2D eigenvalue weighted by molar-refractivity contribution is 5.71. The van der Waals surface area contributed by atoms with E-state index in [-0.39, 0.29) is 0 Å². The van der Waals surface area contributed by atoms with Crippen LogP contribution >= 0.6 is 0 Å². The van der Waals surface area contributed by atoms with Crippen LogP contribution in [0.4, 0.5) is 0 Å². The summed E-state index contributed by atoms with van der Waals surface area (Å²) in [6, 6.07) is 0. The van der Waals surface area contributed by atoms with Crippen LogP contribution in [0, 0.1) is 0 Å². The van der Waals surface area contributed by atoms with Gasteiger partial charge in [0.2, 0.25) is 0 Å². The van der Waals surface area contributed by atoms with Crippen molar-refractivity contribution in [3.05, 3.63) is 12.2 Å². The highest BCUT2D eigenvalue weighted by Crippen LogP contribution is 2.13. The molecule has 0 spiro atoms. The molecule has 0 aliphatic rings. The van der Waals surface area contributed by atoms with Crippen molar-refractivity contribution < 1.29 is 15.0 Å². The largest absolute Gasteiger partial charge is 0.479 e. The van der Waals surface area contributed by atoms with E-state index in [1.807, 2.05) is 0 Å². The molecule has 1 unspecified atom stereocenters. The van der Waals surface area contributed by atoms with Gasteiger partial charge in [0.05, 0.1) is 0 Å². The van der Waals surface area contributed by atoms with Crippen molar-refractivity contribution in [2.24, 2.45) is 0 Å². The molecular weight excluding hydrogens is 336 g/mol. The predicted molar refractivity (Wildman–Crippen MR) is 116 cm³/mol. The maximum absolute atomic E-state index is 10.5. The van der Waals surface area contributed by atoms with E-state index in [0.29, 0.717) is 6.42 Å². The van der Waals surface area contributed by atoms with Crippen LogP contribution in [-0.4, -0.2) is 22.3 Å². The molecule has 2 N–H and O–H groups in total. The minimum absolute atomic E-state index is 0.393. The molecule has 3 heteroatoms. The maximum Gasteiger partial charge on any atom is 0.332 e. The number of aliphatic hydroxyl groups is 1. The number of hydrogen-bond acceptors (Lipinski definition) is 2. The van der Waals surface area contributed by atoms with Gasteiger partial charge in [-0.1, -0.05) is 109 Å². The predicted octanol–water partition coefficient (Wildman–Crippen LogP) is 7.42. The number of rotatable bonds is 21. The quantitative estimate of drug-likeness (QED) is 0.160. The van der Waals surface area contributed by atoms with E-state index >= 15 is 0 Å². The summed E-state index contributed by atoms with van der Waals surface area (Å²) in [5, 5.41) is 17.8. The van der Waals surface area contributed by atoms with Crippen molar-refractivity contribution in [1.29, 1.82) is 0 Å². The van der Waals surface area contributed by atoms with E-state index in [4.69, 9.17) is 5.11 Å². The van der Waals surface area contributed by atoms with Gasteiger partial charge in [-0.25, -0.2) is 4.79 Å². The molecule has 160 valence electrons. The van der Waals surface area contributed by atoms with E-state index in [9.17, 15) is 9.90 Å². The van der Waals surface area contributed by atoms with Crippen LogP contribution in [0.2, 0.25) is 0 Å². The van der Waals surface area contributed by atoms with Crippen LogP contribution in [-0.2, 0) is 4.79 Å². The lowest BCUT2D eigenvalue weighted by Crippen LogP contribution is -2.18. The van der Waals surface area contributed by atoms with Gasteiger partial charge in [0.1, 0.15) is 0 Å². The van der Waals surface area contributed by atoms with Crippen molar-refractivity contribution in [2.45, 2.75) is 135 Å². The molecule has 0 amide bonds. The van der Waals surface area contributed by atoms with E-state index in [2.05, 4.69) is 19.1 Å². The number of unbranched alkanes of at least 4 members (excludes halogenated alkanes) is 16. The van der Waals surface area contributed by atoms with Gasteiger partial charge in [0, 0.05) is 0 Å². The van der Waals surface area contributed by atoms with Crippen molar-refractivity contribution in [1.82, 2.24) is 0 Å². The topological polar surface area (TPSA) is 57.5 Å². The van der Waals surface area contributed by atoms with E-state index in [1.54, 1.807) is 0 Å². The normalized spacial score (nSPS) is 12.7. The third kappa shape index (κ3) is 21.3. The van der Waals surface area contributed by atoms with Crippen LogP contribution < -0.4 is 0 Å². The monoisotopic (exact) mass is 382 g/mol. The lowest BCUT2D eigenvalue weighted by molar-refractivity contribution is -0.146. The summed E-state index contributed by atoms with van der Waals surface area (Å²) < 4.78 is 0. The Morgan fingerprint density at radius 2 is 1.04 bits per heavy atom. The van der Waals surface area contributed by atoms with Crippen molar-refractivity contribution >= 4 is 5.97 Å². The lowest BCUT2D eigenvalue weighted by Gasteiger charge is -2.05. The zero-order valence-corrected chi connectivity index (χ0v) is 18.0. The highest BCUT2D eigenvalue weighted by atomic mass is 16.4. The molecule has 0 aliphatic heterocycles. The smallest absolute Gasteiger partial charge is 0.332 e. The summed E-state index contributed by atoms with van der Waals surface area (Å²) in [7, 11) is 0. The Labute approximate surface area is 168 Å². The number of aliphatic carboxylic acids is 1. The number of allylic oxidation sites excluding steroid dienone is 2. The third-order valence-electron chi connectivity index (χ3n) is 5.27. The molecule has 0 aromatic carbocycles. The first-order chi connectivity index (χ1) is 13.2. The van der Waals surface area contributed by atoms with Gasteiger partial charge >= 0.3 is 5.97 Å². The van der Waals surface area contributed by atoms with Crippen LogP contribution in [0.15, 0.2) is 12.2 Å². The lowest BCUT2D eigenvalue weighted by atomic mass is 10.0. The third-order valence-corrected chi connectivity index (χ3v) is 5.27. The summed E-state index contributed by atoms with van der Waals surface area (Å²) in [6.07, 6.45) is 27.1. The Bertz CT molecular complexity index is 339. The molecule has 0 heterocycles. The second-order valence-corrected chi connectivity index (χ2v) is 7.99. The minimum atomic E-state index is -1.17. The van der Waals surface area contributed by atoms with E-state index in [1.165, 1.54) is 103 Å². The zero-order valence-electron chi connectivity index (χ0n) is 18.0. The maximum atomic E-state index is 10.5. The Kier molecular flexibility index (Phi) is 20.8. The van der Waals surface area contributed by atoms with Gasteiger partial charge < -0.3 is 10.2 Å². The summed E-state index contributed by atoms with van der Waals surface area (Å²) in [4.78, 5) is 10.5. The standard InChI is InChI=1S/C24H46O3/c1-2-3-4-5-6-7-8-9-10-11-12-13-14-15-16-17-18-19-20-21-22-23(25)24(26)27/h7-8,23,25H,2-6,9-22H2,1H3,(H,26,27)/b8-7+. The SMILES string of the molecule is CCCCCC/C=C/CCCCCCCCCCCCCCC(O)C(=O)O. The fourth-order valence-electron chi connectivity index (χ4n) is 3.42. The summed E-state index contributed by atoms with van der Waals surface area (Å²) in [5.74, 6) is -1.09. The molecule has 0 aromatic rings. The molecule has 0 fully saturated rings. The number of hydrogen-bond donors (Lipinski definition) is 2. The van der Waals surface area contributed by atoms with Crippen LogP contribution in [0.5, 0.6) is 0 Å². The zero-order chi connectivity index (χ0) is 20.0. The molecule has 0 bridgehead atoms. The van der Waals surface area contributed by atoms with Crippen LogP contribution in [0.3, 0.4) is 0 Å². The Hall–Kier alpha value is -0.830. The van der Waals surface area contributed by atoms with Crippen molar-refractivity contribution in [3.63, 3.8) is 0 Å². The van der Waals surface area contributed by atoms with E-state index < -0.39 is 12.1 Å². The molecular formula is C24H46O3. The number of aliphatic hydroxyl groups excluding tert-OH is 1. The van der Waals surface area contributed by atoms with Gasteiger partial charge in [-0.2, -0.15) is 0 Å². The number of carboxylic acid groups (broad SMARTS) is 1. The fraction of sp³-hybridized carbons (Fsp3) is 0.875. The first-order valence-corrected chi connectivity index (χ1v) is 11.7. The summed E-state index contributed by atoms with van der Waals surface area (Å²) >= 11 is 0. The highest BCUT2D eigenvalue weighted by Gasteiger charge is 2.11. The van der Waals surface area contributed by atoms with Gasteiger partial charge in [0.25, 0.3) is 0 Å². The molecule has 0 saturated heterocycles. The average molecular weight is 383 g/mol. The average Bonchev–Trinajstić information content (AvgIpc) is 2.66. The second-order valence-electron chi connectivity index (χ2n) is 7.99. The molecule has 1 atom stereocenters. The molecule has 27 heavy (non-hydrogen) atoms. The molecule has 0 aliphatic carbocycles. The fourth-order valence-corrected chi connectivity index (χ4v) is 3.42. The second kappa shape index (κ2) is 21.5. The Balaban J connectivity index is 3.11. The van der Waals surface area contributed by atoms with Crippen molar-refractivity contribution in [3.8, 4) is 0 Å². The Morgan fingerprint density at radius 3 is 1.44 bits per heavy atom. The molecule has 0 radical (unpaired) electrons. The number of carboxylic acids is 1. The van der Waals surface area contributed by atoms with Gasteiger partial charge in [0.15, 0.2) is 6.10 Å². The first kappa shape index (κ1) is 26.2. The van der Waals surface area contributed by atoms with Crippen LogP contribution in [0.1, 0.15) is 129 Å². The van der Waals surface area contributed by atoms with Crippen molar-refractivity contribution in [2.75, 3.05) is 0 Å². The summed E-state index contributed by atoms with van der Waals surface area (Å²) in [5.41, 5.74) is 0. The molecule has 3 nitrogen and oxygen atoms in total. The molecule has 0 rings (SSSR count). The minimum Gasteiger partial charge on any atom is -0.479 e. The van der Waals surface area contributed by atoms with E-state index in [0.717, 1.165) is 12.8 Å². The molecule has 0 aromatic heterocycles. The Morgan fingerprint density at radius 1 is 0.667 bits per heavy atom.